The highest BCUT2D eigenvalue weighted by molar-refractivity contribution is 5.79. The summed E-state index contributed by atoms with van der Waals surface area (Å²) in [6.07, 6.45) is 10.3. The van der Waals surface area contributed by atoms with Crippen molar-refractivity contribution in [2.45, 2.75) is 57.1 Å². The second-order valence-corrected chi connectivity index (χ2v) is 7.90. The van der Waals surface area contributed by atoms with Crippen LogP contribution in [0.15, 0.2) is 18.7 Å². The van der Waals surface area contributed by atoms with Gasteiger partial charge in [0.05, 0.1) is 19.0 Å². The van der Waals surface area contributed by atoms with E-state index in [1.807, 2.05) is 22.7 Å². The topological polar surface area (TPSA) is 89.1 Å². The number of carbonyl (C=O) groups is 1. The Morgan fingerprint density at radius 2 is 2.04 bits per heavy atom. The largest absolute Gasteiger partial charge is 0.393 e. The number of piperidine rings is 1. The van der Waals surface area contributed by atoms with E-state index < -0.39 is 0 Å². The van der Waals surface area contributed by atoms with Crippen LogP contribution in [0.5, 0.6) is 0 Å². The van der Waals surface area contributed by atoms with Crippen molar-refractivity contribution in [3.63, 3.8) is 0 Å². The van der Waals surface area contributed by atoms with E-state index in [9.17, 15) is 9.90 Å². The van der Waals surface area contributed by atoms with Gasteiger partial charge in [0.25, 0.3) is 0 Å². The fourth-order valence-corrected chi connectivity index (χ4v) is 4.38. The van der Waals surface area contributed by atoms with E-state index in [1.165, 1.54) is 0 Å². The molecule has 2 aromatic rings. The summed E-state index contributed by atoms with van der Waals surface area (Å²) < 4.78 is 4.04. The molecule has 1 atom stereocenters. The van der Waals surface area contributed by atoms with Gasteiger partial charge in [-0.15, -0.1) is 10.2 Å². The highest BCUT2D eigenvalue weighted by atomic mass is 16.3. The first-order chi connectivity index (χ1) is 13.1. The fraction of sp³-hybridized carbons (Fsp3) is 0.684. The van der Waals surface area contributed by atoms with Crippen molar-refractivity contribution in [1.82, 2.24) is 29.2 Å². The molecule has 146 valence electrons. The van der Waals surface area contributed by atoms with Crippen molar-refractivity contribution in [2.24, 2.45) is 13.0 Å². The molecule has 0 radical (unpaired) electrons. The summed E-state index contributed by atoms with van der Waals surface area (Å²) >= 11 is 0. The molecule has 8 heteroatoms. The molecule has 8 nitrogen and oxygen atoms in total. The minimum Gasteiger partial charge on any atom is -0.393 e. The summed E-state index contributed by atoms with van der Waals surface area (Å²) in [5.74, 6) is 2.41. The summed E-state index contributed by atoms with van der Waals surface area (Å²) in [4.78, 5) is 19.0. The predicted molar refractivity (Wildman–Crippen MR) is 98.9 cm³/mol. The smallest absolute Gasteiger partial charge is 0.225 e. The molecule has 1 N–H and O–H groups in total. The van der Waals surface area contributed by atoms with Crippen LogP contribution in [0.3, 0.4) is 0 Å². The average Bonchev–Trinajstić information content (AvgIpc) is 3.33. The molecule has 0 unspecified atom stereocenters. The molecule has 1 aliphatic carbocycles. The molecule has 2 aromatic heterocycles. The Bertz CT molecular complexity index is 763. The summed E-state index contributed by atoms with van der Waals surface area (Å²) in [6, 6.07) is 0. The molecule has 1 aliphatic heterocycles. The van der Waals surface area contributed by atoms with Crippen molar-refractivity contribution < 1.29 is 9.90 Å². The standard InChI is InChI=1S/C19H28N6O2/c1-23-17(12-24-10-8-20-13-24)21-22-18(23)15-3-2-9-25(11-15)19(27)14-4-6-16(26)7-5-14/h8,10,13-16,26H,2-7,9,11-12H2,1H3/t14?,15-,16?/m1/s1. The average molecular weight is 372 g/mol. The van der Waals surface area contributed by atoms with Crippen LogP contribution < -0.4 is 0 Å². The van der Waals surface area contributed by atoms with Crippen molar-refractivity contribution in [1.29, 1.82) is 0 Å². The Kier molecular flexibility index (Phi) is 5.24. The first kappa shape index (κ1) is 18.2. The second kappa shape index (κ2) is 7.80. The quantitative estimate of drug-likeness (QED) is 0.874. The maximum Gasteiger partial charge on any atom is 0.225 e. The van der Waals surface area contributed by atoms with Crippen LogP contribution in [0.2, 0.25) is 0 Å². The van der Waals surface area contributed by atoms with Crippen molar-refractivity contribution in [3.8, 4) is 0 Å². The van der Waals surface area contributed by atoms with E-state index in [0.29, 0.717) is 6.54 Å². The molecule has 2 aliphatic rings. The number of carbonyl (C=O) groups excluding carboxylic acids is 1. The van der Waals surface area contributed by atoms with Crippen molar-refractivity contribution >= 4 is 5.91 Å². The molecule has 4 rings (SSSR count). The van der Waals surface area contributed by atoms with Gasteiger partial charge in [-0.05, 0) is 38.5 Å². The SMILES string of the molecule is Cn1c(Cn2ccnc2)nnc1[C@@H]1CCCN(C(=O)C2CCC(O)CC2)C1. The van der Waals surface area contributed by atoms with Crippen LogP contribution in [0, 0.1) is 5.92 Å². The fourth-order valence-electron chi connectivity index (χ4n) is 4.38. The Morgan fingerprint density at radius 3 is 2.78 bits per heavy atom. The van der Waals surface area contributed by atoms with E-state index in [2.05, 4.69) is 19.7 Å². The Hall–Kier alpha value is -2.22. The van der Waals surface area contributed by atoms with Gasteiger partial charge < -0.3 is 19.1 Å². The van der Waals surface area contributed by atoms with Crippen molar-refractivity contribution in [2.75, 3.05) is 13.1 Å². The van der Waals surface area contributed by atoms with Gasteiger partial charge in [0.15, 0.2) is 5.82 Å². The Labute approximate surface area is 159 Å². The van der Waals surface area contributed by atoms with E-state index in [-0.39, 0.29) is 23.8 Å². The maximum absolute atomic E-state index is 12.9. The van der Waals surface area contributed by atoms with E-state index >= 15 is 0 Å². The number of likely N-dealkylation sites (tertiary alicyclic amines) is 1. The summed E-state index contributed by atoms with van der Waals surface area (Å²) in [7, 11) is 2.00. The molecule has 2 fully saturated rings. The zero-order valence-corrected chi connectivity index (χ0v) is 15.9. The van der Waals surface area contributed by atoms with Gasteiger partial charge >= 0.3 is 0 Å². The van der Waals surface area contributed by atoms with Gasteiger partial charge in [-0.1, -0.05) is 0 Å². The number of aromatic nitrogens is 5. The third kappa shape index (κ3) is 3.90. The second-order valence-electron chi connectivity index (χ2n) is 7.90. The van der Waals surface area contributed by atoms with E-state index in [1.54, 1.807) is 12.5 Å². The first-order valence-electron chi connectivity index (χ1n) is 9.92. The molecular formula is C19H28N6O2. The molecular weight excluding hydrogens is 344 g/mol. The molecule has 0 aromatic carbocycles. The van der Waals surface area contributed by atoms with Gasteiger partial charge in [-0.2, -0.15) is 0 Å². The molecule has 1 saturated heterocycles. The zero-order valence-electron chi connectivity index (χ0n) is 15.9. The molecule has 1 saturated carbocycles. The van der Waals surface area contributed by atoms with Crippen LogP contribution in [0.4, 0.5) is 0 Å². The summed E-state index contributed by atoms with van der Waals surface area (Å²) in [5, 5.41) is 18.5. The van der Waals surface area contributed by atoms with Crippen molar-refractivity contribution in [3.05, 3.63) is 30.4 Å². The number of rotatable bonds is 4. The Balaban J connectivity index is 1.42. The predicted octanol–water partition coefficient (Wildman–Crippen LogP) is 1.32. The third-order valence-corrected chi connectivity index (χ3v) is 6.03. The van der Waals surface area contributed by atoms with Gasteiger partial charge in [0.1, 0.15) is 5.82 Å². The van der Waals surface area contributed by atoms with E-state index in [4.69, 9.17) is 0 Å². The highest BCUT2D eigenvalue weighted by Gasteiger charge is 2.33. The molecule has 0 spiro atoms. The minimum atomic E-state index is -0.226. The normalized spacial score (nSPS) is 26.3. The zero-order chi connectivity index (χ0) is 18.8. The lowest BCUT2D eigenvalue weighted by Crippen LogP contribution is -2.43. The van der Waals surface area contributed by atoms with Crippen LogP contribution in [-0.2, 0) is 18.4 Å². The maximum atomic E-state index is 12.9. The van der Waals surface area contributed by atoms with Gasteiger partial charge in [-0.25, -0.2) is 4.98 Å². The van der Waals surface area contributed by atoms with Gasteiger partial charge in [-0.3, -0.25) is 4.79 Å². The number of hydrogen-bond donors (Lipinski definition) is 1. The Morgan fingerprint density at radius 1 is 1.22 bits per heavy atom. The summed E-state index contributed by atoms with van der Waals surface area (Å²) in [5.41, 5.74) is 0. The first-order valence-corrected chi connectivity index (χ1v) is 9.92. The lowest BCUT2D eigenvalue weighted by atomic mass is 9.85. The summed E-state index contributed by atoms with van der Waals surface area (Å²) in [6.45, 7) is 2.19. The minimum absolute atomic E-state index is 0.0726. The number of amides is 1. The number of imidazole rings is 1. The molecule has 3 heterocycles. The highest BCUT2D eigenvalue weighted by Crippen LogP contribution is 2.30. The van der Waals surface area contributed by atoms with Gasteiger partial charge in [0, 0.05) is 44.4 Å². The third-order valence-electron chi connectivity index (χ3n) is 6.03. The lowest BCUT2D eigenvalue weighted by molar-refractivity contribution is -0.138. The monoisotopic (exact) mass is 372 g/mol. The number of hydrogen-bond acceptors (Lipinski definition) is 5. The molecule has 27 heavy (non-hydrogen) atoms. The number of nitrogens with zero attached hydrogens (tertiary/aromatic N) is 6. The van der Waals surface area contributed by atoms with Crippen LogP contribution in [0.25, 0.3) is 0 Å². The lowest BCUT2D eigenvalue weighted by Gasteiger charge is -2.36. The molecule has 1 amide bonds. The molecule has 0 bridgehead atoms. The van der Waals surface area contributed by atoms with Crippen LogP contribution >= 0.6 is 0 Å². The van der Waals surface area contributed by atoms with E-state index in [0.717, 1.165) is 63.3 Å². The van der Waals surface area contributed by atoms with Crippen LogP contribution in [-0.4, -0.2) is 59.4 Å². The van der Waals surface area contributed by atoms with Crippen LogP contribution in [0.1, 0.15) is 56.1 Å². The number of aliphatic hydroxyl groups is 1. The van der Waals surface area contributed by atoms with Gasteiger partial charge in [0.2, 0.25) is 5.91 Å². The number of aliphatic hydroxyl groups excluding tert-OH is 1.